The fraction of sp³-hybridized carbons (Fsp3) is 0.400. The molecule has 1 aromatic carbocycles. The van der Waals surface area contributed by atoms with E-state index in [1.54, 1.807) is 6.07 Å². The molecule has 0 radical (unpaired) electrons. The van der Waals surface area contributed by atoms with Crippen molar-refractivity contribution in [3.63, 3.8) is 0 Å². The molecule has 0 atom stereocenters. The standard InChI is InChI=1S/C15H19FN2/c1-10-7-11(8-15(2,3)9-17)12-5-4-6-13(16)14(12)18-10/h4-7H,8-9,17H2,1-3H3. The highest BCUT2D eigenvalue weighted by molar-refractivity contribution is 5.83. The van der Waals surface area contributed by atoms with Crippen LogP contribution in [0.5, 0.6) is 0 Å². The lowest BCUT2D eigenvalue weighted by atomic mass is 9.84. The summed E-state index contributed by atoms with van der Waals surface area (Å²) < 4.78 is 13.8. The van der Waals surface area contributed by atoms with Gasteiger partial charge in [0, 0.05) is 11.1 Å². The van der Waals surface area contributed by atoms with E-state index < -0.39 is 0 Å². The van der Waals surface area contributed by atoms with Crippen LogP contribution in [0.2, 0.25) is 0 Å². The van der Waals surface area contributed by atoms with E-state index in [0.717, 1.165) is 23.1 Å². The highest BCUT2D eigenvalue weighted by Gasteiger charge is 2.18. The molecule has 2 aromatic rings. The number of halogens is 1. The number of benzene rings is 1. The van der Waals surface area contributed by atoms with Gasteiger partial charge in [-0.25, -0.2) is 4.39 Å². The molecule has 3 heteroatoms. The fourth-order valence-corrected chi connectivity index (χ4v) is 2.16. The Hall–Kier alpha value is -1.48. The first-order valence-corrected chi connectivity index (χ1v) is 6.18. The van der Waals surface area contributed by atoms with Gasteiger partial charge in [0.05, 0.1) is 0 Å². The van der Waals surface area contributed by atoms with Gasteiger partial charge in [-0.3, -0.25) is 4.98 Å². The van der Waals surface area contributed by atoms with Gasteiger partial charge in [-0.2, -0.15) is 0 Å². The molecule has 2 rings (SSSR count). The normalized spacial score (nSPS) is 12.1. The Labute approximate surface area is 107 Å². The number of nitrogens with zero attached hydrogens (tertiary/aromatic N) is 1. The van der Waals surface area contributed by atoms with Gasteiger partial charge in [0.1, 0.15) is 11.3 Å². The van der Waals surface area contributed by atoms with Gasteiger partial charge in [0.2, 0.25) is 0 Å². The lowest BCUT2D eigenvalue weighted by molar-refractivity contribution is 0.378. The Morgan fingerprint density at radius 3 is 2.72 bits per heavy atom. The zero-order valence-corrected chi connectivity index (χ0v) is 11.1. The lowest BCUT2D eigenvalue weighted by Gasteiger charge is -2.23. The molecule has 0 saturated carbocycles. The fourth-order valence-electron chi connectivity index (χ4n) is 2.16. The maximum atomic E-state index is 13.8. The molecule has 0 amide bonds. The number of aromatic nitrogens is 1. The maximum absolute atomic E-state index is 13.8. The van der Waals surface area contributed by atoms with Gasteiger partial charge in [-0.05, 0) is 43.0 Å². The number of hydrogen-bond donors (Lipinski definition) is 1. The van der Waals surface area contributed by atoms with E-state index in [4.69, 9.17) is 5.73 Å². The van der Waals surface area contributed by atoms with Crippen molar-refractivity contribution in [2.45, 2.75) is 27.2 Å². The molecule has 1 aromatic heterocycles. The molecule has 1 heterocycles. The Morgan fingerprint density at radius 2 is 2.06 bits per heavy atom. The molecule has 0 aliphatic carbocycles. The van der Waals surface area contributed by atoms with E-state index in [2.05, 4.69) is 18.8 Å². The molecular formula is C15H19FN2. The zero-order valence-electron chi connectivity index (χ0n) is 11.1. The minimum atomic E-state index is -0.261. The SMILES string of the molecule is Cc1cc(CC(C)(C)CN)c2cccc(F)c2n1. The first-order chi connectivity index (χ1) is 8.43. The summed E-state index contributed by atoms with van der Waals surface area (Å²) in [5, 5.41) is 0.891. The van der Waals surface area contributed by atoms with Crippen LogP contribution in [0.4, 0.5) is 4.39 Å². The van der Waals surface area contributed by atoms with E-state index >= 15 is 0 Å². The summed E-state index contributed by atoms with van der Waals surface area (Å²) in [4.78, 5) is 4.29. The third-order valence-corrected chi connectivity index (χ3v) is 3.23. The van der Waals surface area contributed by atoms with Gasteiger partial charge in [0.15, 0.2) is 0 Å². The molecule has 0 aliphatic heterocycles. The third-order valence-electron chi connectivity index (χ3n) is 3.23. The first-order valence-electron chi connectivity index (χ1n) is 6.18. The predicted octanol–water partition coefficient (Wildman–Crippen LogP) is 3.21. The molecule has 0 bridgehead atoms. The molecule has 18 heavy (non-hydrogen) atoms. The molecule has 0 unspecified atom stereocenters. The monoisotopic (exact) mass is 246 g/mol. The quantitative estimate of drug-likeness (QED) is 0.903. The maximum Gasteiger partial charge on any atom is 0.149 e. The average Bonchev–Trinajstić information content (AvgIpc) is 2.30. The second-order valence-electron chi connectivity index (χ2n) is 5.60. The second-order valence-corrected chi connectivity index (χ2v) is 5.60. The van der Waals surface area contributed by atoms with Crippen LogP contribution in [0, 0.1) is 18.2 Å². The van der Waals surface area contributed by atoms with Crippen LogP contribution in [0.25, 0.3) is 10.9 Å². The molecule has 0 fully saturated rings. The van der Waals surface area contributed by atoms with Crippen LogP contribution in [0.15, 0.2) is 24.3 Å². The van der Waals surface area contributed by atoms with E-state index in [0.29, 0.717) is 12.1 Å². The molecule has 2 N–H and O–H groups in total. The zero-order chi connectivity index (χ0) is 13.3. The van der Waals surface area contributed by atoms with E-state index in [1.165, 1.54) is 6.07 Å². The minimum absolute atomic E-state index is 0.00699. The first kappa shape index (κ1) is 13.0. The summed E-state index contributed by atoms with van der Waals surface area (Å²) in [6.07, 6.45) is 0.826. The summed E-state index contributed by atoms with van der Waals surface area (Å²) in [6, 6.07) is 7.13. The Kier molecular flexibility index (Phi) is 3.35. The van der Waals surface area contributed by atoms with Crippen molar-refractivity contribution in [1.82, 2.24) is 4.98 Å². The van der Waals surface area contributed by atoms with Crippen molar-refractivity contribution in [3.8, 4) is 0 Å². The number of aryl methyl sites for hydroxylation is 1. The number of rotatable bonds is 3. The van der Waals surface area contributed by atoms with Gasteiger partial charge in [-0.1, -0.05) is 26.0 Å². The highest BCUT2D eigenvalue weighted by atomic mass is 19.1. The molecule has 0 aliphatic rings. The van der Waals surface area contributed by atoms with Crippen molar-refractivity contribution >= 4 is 10.9 Å². The van der Waals surface area contributed by atoms with Gasteiger partial charge < -0.3 is 5.73 Å². The predicted molar refractivity (Wildman–Crippen MR) is 73.0 cm³/mol. The van der Waals surface area contributed by atoms with E-state index in [9.17, 15) is 4.39 Å². The van der Waals surface area contributed by atoms with Crippen molar-refractivity contribution < 1.29 is 4.39 Å². The van der Waals surface area contributed by atoms with Crippen molar-refractivity contribution in [3.05, 3.63) is 41.3 Å². The van der Waals surface area contributed by atoms with Crippen molar-refractivity contribution in [1.29, 1.82) is 0 Å². The smallest absolute Gasteiger partial charge is 0.149 e. The van der Waals surface area contributed by atoms with Crippen LogP contribution < -0.4 is 5.73 Å². The molecule has 96 valence electrons. The van der Waals surface area contributed by atoms with Crippen LogP contribution in [0.3, 0.4) is 0 Å². The number of nitrogens with two attached hydrogens (primary N) is 1. The highest BCUT2D eigenvalue weighted by Crippen LogP contribution is 2.27. The molecule has 2 nitrogen and oxygen atoms in total. The van der Waals surface area contributed by atoms with Crippen LogP contribution in [-0.2, 0) is 6.42 Å². The van der Waals surface area contributed by atoms with Crippen LogP contribution in [-0.4, -0.2) is 11.5 Å². The third kappa shape index (κ3) is 2.51. The summed E-state index contributed by atoms with van der Waals surface area (Å²) in [7, 11) is 0. The summed E-state index contributed by atoms with van der Waals surface area (Å²) >= 11 is 0. The summed E-state index contributed by atoms with van der Waals surface area (Å²) in [6.45, 7) is 6.73. The molecule has 0 saturated heterocycles. The average molecular weight is 246 g/mol. The number of pyridine rings is 1. The number of para-hydroxylation sites is 1. The van der Waals surface area contributed by atoms with Gasteiger partial charge in [-0.15, -0.1) is 0 Å². The van der Waals surface area contributed by atoms with Crippen LogP contribution >= 0.6 is 0 Å². The lowest BCUT2D eigenvalue weighted by Crippen LogP contribution is -2.26. The van der Waals surface area contributed by atoms with Gasteiger partial charge >= 0.3 is 0 Å². The van der Waals surface area contributed by atoms with Crippen LogP contribution in [0.1, 0.15) is 25.1 Å². The van der Waals surface area contributed by atoms with E-state index in [-0.39, 0.29) is 11.2 Å². The van der Waals surface area contributed by atoms with Gasteiger partial charge in [0.25, 0.3) is 0 Å². The number of hydrogen-bond acceptors (Lipinski definition) is 2. The topological polar surface area (TPSA) is 38.9 Å². The Balaban J connectivity index is 2.60. The largest absolute Gasteiger partial charge is 0.330 e. The van der Waals surface area contributed by atoms with Crippen molar-refractivity contribution in [2.24, 2.45) is 11.1 Å². The molecular weight excluding hydrogens is 227 g/mol. The summed E-state index contributed by atoms with van der Waals surface area (Å²) in [5.41, 5.74) is 8.20. The van der Waals surface area contributed by atoms with Crippen molar-refractivity contribution in [2.75, 3.05) is 6.54 Å². The summed E-state index contributed by atoms with van der Waals surface area (Å²) in [5.74, 6) is -0.261. The number of fused-ring (bicyclic) bond motifs is 1. The second kappa shape index (κ2) is 4.65. The Bertz CT molecular complexity index is 576. The van der Waals surface area contributed by atoms with E-state index in [1.807, 2.05) is 19.1 Å². The minimum Gasteiger partial charge on any atom is -0.330 e. The molecule has 0 spiro atoms. The Morgan fingerprint density at radius 1 is 1.33 bits per heavy atom.